The maximum absolute atomic E-state index is 13.0. The standard InChI is InChI=1S/C26H26N2O5/c1-15(2)23(29)21-22(16-8-10-17(11-9-16)26(32)33-3)28(25(31)24(21)30)13-12-18-14-27-20-7-5-4-6-19(18)20/h4-11,14-15,21-22,27H,12-13H2,1-3H3. The summed E-state index contributed by atoms with van der Waals surface area (Å²) < 4.78 is 4.75. The van der Waals surface area contributed by atoms with Crippen molar-refractivity contribution >= 4 is 34.3 Å². The number of para-hydroxylation sites is 1. The number of Topliss-reactive ketones (excluding diaryl/α,β-unsaturated/α-hetero) is 2. The van der Waals surface area contributed by atoms with Crippen LogP contribution in [0, 0.1) is 11.8 Å². The monoisotopic (exact) mass is 446 g/mol. The lowest BCUT2D eigenvalue weighted by Gasteiger charge is -2.28. The minimum absolute atomic E-state index is 0.259. The molecule has 3 aromatic rings. The molecule has 1 saturated heterocycles. The van der Waals surface area contributed by atoms with Crippen LogP contribution in [0.4, 0.5) is 0 Å². The third-order valence-electron chi connectivity index (χ3n) is 6.25. The molecule has 1 aromatic heterocycles. The molecule has 0 spiro atoms. The Morgan fingerprint density at radius 2 is 1.76 bits per heavy atom. The van der Waals surface area contributed by atoms with E-state index in [1.807, 2.05) is 30.5 Å². The van der Waals surface area contributed by atoms with Crippen molar-refractivity contribution in [2.24, 2.45) is 11.8 Å². The number of nitrogens with one attached hydrogen (secondary N) is 1. The van der Waals surface area contributed by atoms with Gasteiger partial charge in [0, 0.05) is 29.6 Å². The predicted molar refractivity (Wildman–Crippen MR) is 123 cm³/mol. The van der Waals surface area contributed by atoms with Crippen LogP contribution in [0.25, 0.3) is 10.9 Å². The van der Waals surface area contributed by atoms with Gasteiger partial charge in [-0.05, 0) is 35.7 Å². The second kappa shape index (κ2) is 9.02. The molecular weight excluding hydrogens is 420 g/mol. The molecule has 2 atom stereocenters. The first kappa shape index (κ1) is 22.5. The fourth-order valence-corrected chi connectivity index (χ4v) is 4.49. The fraction of sp³-hybridized carbons (Fsp3) is 0.308. The van der Waals surface area contributed by atoms with Crippen molar-refractivity contribution < 1.29 is 23.9 Å². The van der Waals surface area contributed by atoms with E-state index in [1.54, 1.807) is 38.1 Å². The van der Waals surface area contributed by atoms with Gasteiger partial charge >= 0.3 is 5.97 Å². The van der Waals surface area contributed by atoms with Gasteiger partial charge in [0.1, 0.15) is 11.7 Å². The van der Waals surface area contributed by atoms with Gasteiger partial charge in [0.15, 0.2) is 0 Å². The zero-order valence-corrected chi connectivity index (χ0v) is 18.8. The first-order chi connectivity index (χ1) is 15.8. The lowest BCUT2D eigenvalue weighted by molar-refractivity contribution is -0.142. The maximum Gasteiger partial charge on any atom is 0.337 e. The lowest BCUT2D eigenvalue weighted by Crippen LogP contribution is -2.33. The van der Waals surface area contributed by atoms with E-state index < -0.39 is 35.5 Å². The van der Waals surface area contributed by atoms with Crippen molar-refractivity contribution in [3.63, 3.8) is 0 Å². The highest BCUT2D eigenvalue weighted by Crippen LogP contribution is 2.38. The van der Waals surface area contributed by atoms with Gasteiger partial charge in [-0.1, -0.05) is 44.2 Å². The van der Waals surface area contributed by atoms with Gasteiger partial charge < -0.3 is 14.6 Å². The number of likely N-dealkylation sites (tertiary alicyclic amines) is 1. The molecule has 2 heterocycles. The molecule has 2 unspecified atom stereocenters. The summed E-state index contributed by atoms with van der Waals surface area (Å²) in [6, 6.07) is 13.7. The van der Waals surface area contributed by atoms with Gasteiger partial charge in [-0.25, -0.2) is 4.79 Å². The van der Waals surface area contributed by atoms with Crippen LogP contribution in [0.15, 0.2) is 54.7 Å². The van der Waals surface area contributed by atoms with Crippen LogP contribution >= 0.6 is 0 Å². The SMILES string of the molecule is COC(=O)c1ccc(C2C(C(=O)C(C)C)C(=O)C(=O)N2CCc2c[nH]c3ccccc23)cc1. The fourth-order valence-electron chi connectivity index (χ4n) is 4.49. The van der Waals surface area contributed by atoms with E-state index in [4.69, 9.17) is 4.74 Å². The largest absolute Gasteiger partial charge is 0.465 e. The van der Waals surface area contributed by atoms with E-state index in [-0.39, 0.29) is 12.3 Å². The molecular formula is C26H26N2O5. The molecule has 1 fully saturated rings. The summed E-state index contributed by atoms with van der Waals surface area (Å²) in [6.07, 6.45) is 2.44. The molecule has 33 heavy (non-hydrogen) atoms. The number of ether oxygens (including phenoxy) is 1. The number of aromatic amines is 1. The summed E-state index contributed by atoms with van der Waals surface area (Å²) >= 11 is 0. The highest BCUT2D eigenvalue weighted by molar-refractivity contribution is 6.43. The number of carbonyl (C=O) groups is 4. The van der Waals surface area contributed by atoms with Gasteiger partial charge in [-0.2, -0.15) is 0 Å². The van der Waals surface area contributed by atoms with Crippen LogP contribution in [0.3, 0.4) is 0 Å². The number of nitrogens with zero attached hydrogens (tertiary/aromatic N) is 1. The normalized spacial score (nSPS) is 18.4. The number of hydrogen-bond acceptors (Lipinski definition) is 5. The summed E-state index contributed by atoms with van der Waals surface area (Å²) in [5.74, 6) is -3.51. The number of hydrogen-bond donors (Lipinski definition) is 1. The summed E-state index contributed by atoms with van der Waals surface area (Å²) in [5, 5.41) is 1.06. The molecule has 1 aliphatic rings. The minimum Gasteiger partial charge on any atom is -0.465 e. The first-order valence-corrected chi connectivity index (χ1v) is 10.9. The van der Waals surface area contributed by atoms with E-state index in [9.17, 15) is 19.2 Å². The number of ketones is 2. The van der Waals surface area contributed by atoms with Crippen molar-refractivity contribution in [1.82, 2.24) is 9.88 Å². The van der Waals surface area contributed by atoms with E-state index in [2.05, 4.69) is 4.98 Å². The summed E-state index contributed by atoms with van der Waals surface area (Å²) in [4.78, 5) is 55.5. The number of fused-ring (bicyclic) bond motifs is 1. The number of carbonyl (C=O) groups excluding carboxylic acids is 4. The molecule has 170 valence electrons. The molecule has 0 radical (unpaired) electrons. The maximum atomic E-state index is 13.0. The van der Waals surface area contributed by atoms with Crippen LogP contribution in [0.1, 0.15) is 41.4 Å². The molecule has 1 amide bonds. The second-order valence-corrected chi connectivity index (χ2v) is 8.57. The first-order valence-electron chi connectivity index (χ1n) is 10.9. The Morgan fingerprint density at radius 1 is 1.06 bits per heavy atom. The Balaban J connectivity index is 1.68. The summed E-state index contributed by atoms with van der Waals surface area (Å²) in [6.45, 7) is 3.75. The van der Waals surface area contributed by atoms with Crippen LogP contribution in [-0.4, -0.2) is 47.0 Å². The number of esters is 1. The van der Waals surface area contributed by atoms with Gasteiger partial charge in [0.25, 0.3) is 5.91 Å². The quantitative estimate of drug-likeness (QED) is 0.340. The van der Waals surface area contributed by atoms with E-state index >= 15 is 0 Å². The Morgan fingerprint density at radius 3 is 2.42 bits per heavy atom. The molecule has 1 aliphatic heterocycles. The van der Waals surface area contributed by atoms with Crippen molar-refractivity contribution in [3.8, 4) is 0 Å². The Labute approximate surface area is 191 Å². The molecule has 7 nitrogen and oxygen atoms in total. The zero-order chi connectivity index (χ0) is 23.7. The molecule has 2 aromatic carbocycles. The molecule has 4 rings (SSSR count). The van der Waals surface area contributed by atoms with Crippen LogP contribution in [0.5, 0.6) is 0 Å². The van der Waals surface area contributed by atoms with Gasteiger partial charge in [-0.3, -0.25) is 14.4 Å². The molecule has 0 aliphatic carbocycles. The van der Waals surface area contributed by atoms with Crippen molar-refractivity contribution in [3.05, 3.63) is 71.4 Å². The number of methoxy groups -OCH3 is 1. The molecule has 7 heteroatoms. The number of benzene rings is 2. The van der Waals surface area contributed by atoms with Crippen molar-refractivity contribution in [2.45, 2.75) is 26.3 Å². The average molecular weight is 447 g/mol. The zero-order valence-electron chi connectivity index (χ0n) is 18.8. The van der Waals surface area contributed by atoms with Crippen LogP contribution < -0.4 is 0 Å². The summed E-state index contributed by atoms with van der Waals surface area (Å²) in [5.41, 5.74) is 3.03. The smallest absolute Gasteiger partial charge is 0.337 e. The predicted octanol–water partition coefficient (Wildman–Crippen LogP) is 3.49. The highest BCUT2D eigenvalue weighted by Gasteiger charge is 2.51. The van der Waals surface area contributed by atoms with Gasteiger partial charge in [0.2, 0.25) is 5.78 Å². The molecule has 1 N–H and O–H groups in total. The van der Waals surface area contributed by atoms with E-state index in [0.717, 1.165) is 16.5 Å². The molecule has 0 saturated carbocycles. The minimum atomic E-state index is -1.07. The molecule has 0 bridgehead atoms. The Bertz CT molecular complexity index is 1220. The van der Waals surface area contributed by atoms with Crippen molar-refractivity contribution in [2.75, 3.05) is 13.7 Å². The highest BCUT2D eigenvalue weighted by atomic mass is 16.5. The lowest BCUT2D eigenvalue weighted by atomic mass is 9.84. The third kappa shape index (κ3) is 4.06. The Hall–Kier alpha value is -3.74. The topological polar surface area (TPSA) is 96.5 Å². The van der Waals surface area contributed by atoms with Crippen LogP contribution in [0.2, 0.25) is 0 Å². The second-order valence-electron chi connectivity index (χ2n) is 8.57. The number of amides is 1. The van der Waals surface area contributed by atoms with Gasteiger partial charge in [0.05, 0.1) is 18.7 Å². The summed E-state index contributed by atoms with van der Waals surface area (Å²) in [7, 11) is 1.30. The van der Waals surface area contributed by atoms with Crippen LogP contribution in [-0.2, 0) is 25.5 Å². The third-order valence-corrected chi connectivity index (χ3v) is 6.25. The Kier molecular flexibility index (Phi) is 6.14. The van der Waals surface area contributed by atoms with Gasteiger partial charge in [-0.15, -0.1) is 0 Å². The number of rotatable bonds is 7. The number of aromatic nitrogens is 1. The van der Waals surface area contributed by atoms with Crippen molar-refractivity contribution in [1.29, 1.82) is 0 Å². The average Bonchev–Trinajstić information content (AvgIpc) is 3.35. The van der Waals surface area contributed by atoms with E-state index in [0.29, 0.717) is 17.5 Å². The van der Waals surface area contributed by atoms with E-state index in [1.165, 1.54) is 12.0 Å². The number of H-pyrrole nitrogens is 1.